The molecule has 210 valence electrons. The molecule has 1 atom stereocenters. The van der Waals surface area contributed by atoms with Crippen molar-refractivity contribution in [1.29, 1.82) is 5.26 Å². The van der Waals surface area contributed by atoms with Gasteiger partial charge in [0.2, 0.25) is 11.0 Å². The molecule has 41 heavy (non-hydrogen) atoms. The lowest BCUT2D eigenvalue weighted by atomic mass is 9.69. The van der Waals surface area contributed by atoms with Crippen molar-refractivity contribution in [2.45, 2.75) is 50.8 Å². The molecule has 0 spiro atoms. The van der Waals surface area contributed by atoms with Gasteiger partial charge in [-0.05, 0) is 54.5 Å². The van der Waals surface area contributed by atoms with Crippen LogP contribution >= 0.6 is 23.1 Å². The maximum Gasteiger partial charge on any atom is 0.234 e. The number of aromatic nitrogens is 2. The van der Waals surface area contributed by atoms with E-state index in [1.807, 2.05) is 45.9 Å². The first-order valence-electron chi connectivity index (χ1n) is 13.0. The summed E-state index contributed by atoms with van der Waals surface area (Å²) in [5.41, 5.74) is 11.0. The number of nitrogens with one attached hydrogen (secondary N) is 1. The Bertz CT molecular complexity index is 1630. The Hall–Kier alpha value is -4.01. The van der Waals surface area contributed by atoms with Gasteiger partial charge in [0.15, 0.2) is 10.1 Å². The number of nitrogens with zero attached hydrogens (tertiary/aromatic N) is 4. The number of carbonyl (C=O) groups excluding carboxylic acids is 2. The summed E-state index contributed by atoms with van der Waals surface area (Å²) in [5.74, 6) is -1.08. The minimum atomic E-state index is -0.703. The van der Waals surface area contributed by atoms with Crippen molar-refractivity contribution >= 4 is 45.6 Å². The van der Waals surface area contributed by atoms with Crippen LogP contribution in [0.5, 0.6) is 0 Å². The van der Waals surface area contributed by atoms with E-state index in [2.05, 4.69) is 21.6 Å². The Balaban J connectivity index is 1.46. The van der Waals surface area contributed by atoms with Crippen molar-refractivity contribution in [3.8, 4) is 6.07 Å². The number of amides is 1. The van der Waals surface area contributed by atoms with E-state index in [9.17, 15) is 19.2 Å². The van der Waals surface area contributed by atoms with Gasteiger partial charge >= 0.3 is 0 Å². The van der Waals surface area contributed by atoms with Gasteiger partial charge in [-0.15, -0.1) is 10.2 Å². The van der Waals surface area contributed by atoms with Crippen LogP contribution in [0.15, 0.2) is 69.5 Å². The number of para-hydroxylation sites is 1. The molecule has 5 rings (SSSR count). The molecule has 11 heteroatoms. The van der Waals surface area contributed by atoms with E-state index in [1.54, 1.807) is 17.0 Å². The molecule has 1 unspecified atom stereocenters. The summed E-state index contributed by atoms with van der Waals surface area (Å²) in [4.78, 5) is 28.0. The van der Waals surface area contributed by atoms with Gasteiger partial charge in [-0.3, -0.25) is 14.5 Å². The lowest BCUT2D eigenvalue weighted by molar-refractivity contribution is -0.118. The van der Waals surface area contributed by atoms with Crippen molar-refractivity contribution in [2.75, 3.05) is 16.0 Å². The van der Waals surface area contributed by atoms with E-state index in [-0.39, 0.29) is 34.3 Å². The zero-order chi connectivity index (χ0) is 29.5. The second-order valence-corrected chi connectivity index (χ2v) is 13.2. The molecule has 0 saturated carbocycles. The number of Topliss-reactive ketones (excluding diaryl/α,β-unsaturated/α-hetero) is 1. The average molecular weight is 589 g/mol. The molecular formula is C30H29FN6O2S2. The number of thioether (sulfide) groups is 1. The molecule has 1 aliphatic carbocycles. The molecular weight excluding hydrogens is 560 g/mol. The fraction of sp³-hybridized carbons (Fsp3) is 0.300. The number of halogens is 1. The van der Waals surface area contributed by atoms with E-state index >= 15 is 0 Å². The molecule has 1 aliphatic heterocycles. The fourth-order valence-electron chi connectivity index (χ4n) is 5.38. The predicted octanol–water partition coefficient (Wildman–Crippen LogP) is 5.97. The second-order valence-electron chi connectivity index (χ2n) is 11.0. The molecule has 3 N–H and O–H groups in total. The highest BCUT2D eigenvalue weighted by Crippen LogP contribution is 2.50. The lowest BCUT2D eigenvalue weighted by Crippen LogP contribution is -2.42. The number of anilines is 2. The van der Waals surface area contributed by atoms with Crippen LogP contribution in [0.3, 0.4) is 0 Å². The molecule has 0 bridgehead atoms. The number of aryl methyl sites for hydroxylation is 2. The van der Waals surface area contributed by atoms with Gasteiger partial charge < -0.3 is 11.1 Å². The number of carbonyl (C=O) groups is 2. The first kappa shape index (κ1) is 28.5. The molecule has 2 aromatic carbocycles. The monoisotopic (exact) mass is 588 g/mol. The molecule has 2 aliphatic rings. The van der Waals surface area contributed by atoms with Crippen LogP contribution in [0.25, 0.3) is 0 Å². The lowest BCUT2D eigenvalue weighted by Gasteiger charge is -2.42. The number of ketones is 1. The summed E-state index contributed by atoms with van der Waals surface area (Å²) >= 11 is 2.48. The summed E-state index contributed by atoms with van der Waals surface area (Å²) in [6.45, 7) is 7.91. The fourth-order valence-corrected chi connectivity index (χ4v) is 7.06. The summed E-state index contributed by atoms with van der Waals surface area (Å²) in [5, 5.41) is 22.2. The Morgan fingerprint density at radius 3 is 2.54 bits per heavy atom. The topological polar surface area (TPSA) is 125 Å². The quantitative estimate of drug-likeness (QED) is 0.338. The maximum absolute atomic E-state index is 13.7. The number of hydrogen-bond donors (Lipinski definition) is 2. The normalized spacial score (nSPS) is 18.3. The van der Waals surface area contributed by atoms with Gasteiger partial charge in [0, 0.05) is 23.4 Å². The standard InChI is InChI=1S/C30H29FN6O2S2/c1-16-6-5-7-17(2)26(16)34-23(39)15-40-29-36-35-28(41-29)37-21-12-30(3,4)13-22(38)25(21)24(20(14-32)27(37)33)18-8-10-19(31)11-9-18/h5-11,24H,12-13,15,33H2,1-4H3,(H,34,39). The van der Waals surface area contributed by atoms with Crippen LogP contribution < -0.4 is 16.0 Å². The summed E-state index contributed by atoms with van der Waals surface area (Å²) in [7, 11) is 0. The van der Waals surface area contributed by atoms with Gasteiger partial charge in [0.05, 0.1) is 23.3 Å². The minimum absolute atomic E-state index is 0.0851. The van der Waals surface area contributed by atoms with E-state index in [0.717, 1.165) is 16.8 Å². The Kier molecular flexibility index (Phi) is 7.72. The van der Waals surface area contributed by atoms with Crippen LogP contribution in [-0.2, 0) is 9.59 Å². The highest BCUT2D eigenvalue weighted by atomic mass is 32.2. The summed E-state index contributed by atoms with van der Waals surface area (Å²) in [6, 6.07) is 13.8. The molecule has 1 aromatic heterocycles. The molecule has 0 radical (unpaired) electrons. The van der Waals surface area contributed by atoms with E-state index < -0.39 is 11.7 Å². The van der Waals surface area contributed by atoms with Crippen LogP contribution in [0.4, 0.5) is 15.2 Å². The maximum atomic E-state index is 13.7. The first-order chi connectivity index (χ1) is 19.5. The minimum Gasteiger partial charge on any atom is -0.384 e. The van der Waals surface area contributed by atoms with Crippen molar-refractivity contribution in [3.63, 3.8) is 0 Å². The molecule has 8 nitrogen and oxygen atoms in total. The van der Waals surface area contributed by atoms with Gasteiger partial charge in [0.1, 0.15) is 11.6 Å². The third kappa shape index (κ3) is 5.62. The van der Waals surface area contributed by atoms with E-state index in [1.165, 1.54) is 35.2 Å². The smallest absolute Gasteiger partial charge is 0.234 e. The summed E-state index contributed by atoms with van der Waals surface area (Å²) < 4.78 is 14.3. The number of nitriles is 1. The second kappa shape index (κ2) is 11.1. The van der Waals surface area contributed by atoms with Crippen molar-refractivity contribution in [2.24, 2.45) is 11.1 Å². The van der Waals surface area contributed by atoms with Crippen molar-refractivity contribution < 1.29 is 14.0 Å². The highest BCUT2D eigenvalue weighted by molar-refractivity contribution is 8.01. The van der Waals surface area contributed by atoms with Crippen LogP contribution in [0.1, 0.15) is 49.3 Å². The van der Waals surface area contributed by atoms with Gasteiger partial charge in [-0.25, -0.2) is 4.39 Å². The molecule has 0 fully saturated rings. The number of benzene rings is 2. The zero-order valence-electron chi connectivity index (χ0n) is 23.1. The number of hydrogen-bond acceptors (Lipinski definition) is 9. The van der Waals surface area contributed by atoms with Crippen LogP contribution in [-0.4, -0.2) is 27.6 Å². The van der Waals surface area contributed by atoms with E-state index in [4.69, 9.17) is 5.73 Å². The third-order valence-electron chi connectivity index (χ3n) is 7.24. The van der Waals surface area contributed by atoms with Gasteiger partial charge in [0.25, 0.3) is 0 Å². The molecule has 3 aromatic rings. The molecule has 2 heterocycles. The third-order valence-corrected chi connectivity index (χ3v) is 9.29. The zero-order valence-corrected chi connectivity index (χ0v) is 24.8. The summed E-state index contributed by atoms with van der Waals surface area (Å²) in [6.07, 6.45) is 0.827. The van der Waals surface area contributed by atoms with Gasteiger partial charge in [-0.2, -0.15) is 5.26 Å². The SMILES string of the molecule is Cc1cccc(C)c1NC(=O)CSc1nnc(N2C(N)=C(C#N)C(c3ccc(F)cc3)C3=C2CC(C)(C)CC3=O)s1. The average Bonchev–Trinajstić information content (AvgIpc) is 3.37. The Morgan fingerprint density at radius 2 is 1.88 bits per heavy atom. The highest BCUT2D eigenvalue weighted by Gasteiger charge is 2.45. The van der Waals surface area contributed by atoms with Crippen molar-refractivity contribution in [3.05, 3.63) is 87.6 Å². The van der Waals surface area contributed by atoms with Gasteiger partial charge in [-0.1, -0.05) is 67.3 Å². The largest absolute Gasteiger partial charge is 0.384 e. The number of nitrogens with two attached hydrogens (primary N) is 1. The van der Waals surface area contributed by atoms with Crippen molar-refractivity contribution in [1.82, 2.24) is 10.2 Å². The number of allylic oxidation sites excluding steroid dienone is 3. The first-order valence-corrected chi connectivity index (χ1v) is 14.8. The van der Waals surface area contributed by atoms with E-state index in [0.29, 0.717) is 39.1 Å². The predicted molar refractivity (Wildman–Crippen MR) is 159 cm³/mol. The molecule has 1 amide bonds. The number of rotatable bonds is 6. The van der Waals surface area contributed by atoms with Crippen LogP contribution in [0.2, 0.25) is 0 Å². The molecule has 0 saturated heterocycles. The van der Waals surface area contributed by atoms with Crippen LogP contribution in [0, 0.1) is 36.4 Å². The Labute approximate surface area is 246 Å². The Morgan fingerprint density at radius 1 is 1.20 bits per heavy atom.